The smallest absolute Gasteiger partial charge is 0.338 e. The molecule has 2 aromatic carbocycles. The molecule has 1 N–H and O–H groups in total. The minimum Gasteiger partial charge on any atom is -0.508 e. The fourth-order valence-corrected chi connectivity index (χ4v) is 2.76. The highest BCUT2D eigenvalue weighted by molar-refractivity contribution is 7.80. The van der Waals surface area contributed by atoms with E-state index >= 15 is 0 Å². The third-order valence-corrected chi connectivity index (χ3v) is 4.11. The van der Waals surface area contributed by atoms with Gasteiger partial charge in [-0.2, -0.15) is 12.6 Å². The summed E-state index contributed by atoms with van der Waals surface area (Å²) in [5, 5.41) is 9.35. The molecule has 1 unspecified atom stereocenters. The Morgan fingerprint density at radius 1 is 1.22 bits per heavy atom. The second-order valence-electron chi connectivity index (χ2n) is 6.03. The van der Waals surface area contributed by atoms with Gasteiger partial charge in [0.2, 0.25) is 0 Å². The lowest BCUT2D eigenvalue weighted by atomic mass is 9.95. The molecule has 2 aromatic rings. The highest BCUT2D eigenvalue weighted by atomic mass is 32.1. The van der Waals surface area contributed by atoms with Crippen molar-refractivity contribution in [3.63, 3.8) is 0 Å². The Morgan fingerprint density at radius 2 is 1.91 bits per heavy atom. The first-order valence-electron chi connectivity index (χ1n) is 7.63. The largest absolute Gasteiger partial charge is 0.508 e. The standard InChI is InChI=1S/C19H22O3S/c1-12(2)11-22-19(21)17-13(3)6-4-9-16(17)18(23)14-7-5-8-15(20)10-14/h4-10,12,18,20,23H,11H2,1-3H3. The fourth-order valence-electron chi connectivity index (χ4n) is 2.39. The third kappa shape index (κ3) is 4.29. The number of thiol groups is 1. The first-order valence-corrected chi connectivity index (χ1v) is 8.15. The average Bonchev–Trinajstić information content (AvgIpc) is 2.51. The van der Waals surface area contributed by atoms with E-state index in [1.807, 2.05) is 45.0 Å². The minimum absolute atomic E-state index is 0.179. The van der Waals surface area contributed by atoms with Crippen molar-refractivity contribution in [2.45, 2.75) is 26.0 Å². The quantitative estimate of drug-likeness (QED) is 0.625. The number of phenols is 1. The minimum atomic E-state index is -0.328. The predicted octanol–water partition coefficient (Wildman–Crippen LogP) is 4.53. The molecule has 0 saturated carbocycles. The van der Waals surface area contributed by atoms with Gasteiger partial charge in [0.1, 0.15) is 5.75 Å². The Labute approximate surface area is 142 Å². The number of aromatic hydroxyl groups is 1. The molecule has 0 aliphatic rings. The Kier molecular flexibility index (Phi) is 5.72. The van der Waals surface area contributed by atoms with Gasteiger partial charge < -0.3 is 9.84 Å². The molecule has 0 fully saturated rings. The summed E-state index contributed by atoms with van der Waals surface area (Å²) in [7, 11) is 0. The maximum atomic E-state index is 12.5. The number of esters is 1. The number of carbonyl (C=O) groups excluding carboxylic acids is 1. The van der Waals surface area contributed by atoms with Crippen molar-refractivity contribution in [3.05, 3.63) is 64.7 Å². The number of ether oxygens (including phenoxy) is 1. The Hall–Kier alpha value is -1.94. The Bertz CT molecular complexity index is 695. The number of aryl methyl sites for hydroxylation is 1. The van der Waals surface area contributed by atoms with Crippen molar-refractivity contribution in [2.75, 3.05) is 6.61 Å². The lowest BCUT2D eigenvalue weighted by Gasteiger charge is -2.18. The molecular formula is C19H22O3S. The zero-order valence-electron chi connectivity index (χ0n) is 13.6. The van der Waals surface area contributed by atoms with Gasteiger partial charge in [-0.1, -0.05) is 44.2 Å². The molecule has 4 heteroatoms. The van der Waals surface area contributed by atoms with Gasteiger partial charge in [-0.15, -0.1) is 0 Å². The van der Waals surface area contributed by atoms with Crippen molar-refractivity contribution in [3.8, 4) is 5.75 Å². The van der Waals surface area contributed by atoms with E-state index in [1.165, 1.54) is 0 Å². The van der Waals surface area contributed by atoms with Crippen LogP contribution in [0.2, 0.25) is 0 Å². The first-order chi connectivity index (χ1) is 10.9. The summed E-state index contributed by atoms with van der Waals surface area (Å²) in [6.07, 6.45) is 0. The third-order valence-electron chi connectivity index (χ3n) is 3.54. The number of rotatable bonds is 5. The molecule has 0 aliphatic heterocycles. The second kappa shape index (κ2) is 7.55. The van der Waals surface area contributed by atoms with Gasteiger partial charge in [-0.05, 0) is 41.7 Å². The van der Waals surface area contributed by atoms with Gasteiger partial charge in [0.05, 0.1) is 17.4 Å². The molecule has 0 aromatic heterocycles. The lowest BCUT2D eigenvalue weighted by molar-refractivity contribution is 0.0457. The van der Waals surface area contributed by atoms with E-state index in [2.05, 4.69) is 12.6 Å². The number of hydrogen-bond acceptors (Lipinski definition) is 4. The topological polar surface area (TPSA) is 46.5 Å². The van der Waals surface area contributed by atoms with Crippen LogP contribution in [-0.4, -0.2) is 17.7 Å². The summed E-state index contributed by atoms with van der Waals surface area (Å²) < 4.78 is 5.40. The number of phenolic OH excluding ortho intramolecular Hbond substituents is 1. The van der Waals surface area contributed by atoms with E-state index in [0.717, 1.165) is 16.7 Å². The zero-order valence-corrected chi connectivity index (χ0v) is 14.5. The number of carbonyl (C=O) groups is 1. The highest BCUT2D eigenvalue weighted by Gasteiger charge is 2.21. The van der Waals surface area contributed by atoms with E-state index in [0.29, 0.717) is 12.2 Å². The van der Waals surface area contributed by atoms with E-state index in [9.17, 15) is 9.90 Å². The van der Waals surface area contributed by atoms with Crippen LogP contribution >= 0.6 is 12.6 Å². The Morgan fingerprint density at radius 3 is 2.57 bits per heavy atom. The molecule has 122 valence electrons. The van der Waals surface area contributed by atoms with Crippen LogP contribution in [0, 0.1) is 12.8 Å². The molecule has 0 aliphatic carbocycles. The zero-order chi connectivity index (χ0) is 17.0. The number of benzene rings is 2. The molecule has 0 amide bonds. The van der Waals surface area contributed by atoms with E-state index in [-0.39, 0.29) is 22.9 Å². The van der Waals surface area contributed by atoms with Crippen molar-refractivity contribution in [1.29, 1.82) is 0 Å². The summed E-state index contributed by atoms with van der Waals surface area (Å²) in [6, 6.07) is 12.6. The SMILES string of the molecule is Cc1cccc(C(S)c2cccc(O)c2)c1C(=O)OCC(C)C. The van der Waals surface area contributed by atoms with Crippen LogP contribution in [0.3, 0.4) is 0 Å². The van der Waals surface area contributed by atoms with E-state index in [1.54, 1.807) is 18.2 Å². The molecule has 0 radical (unpaired) electrons. The highest BCUT2D eigenvalue weighted by Crippen LogP contribution is 2.33. The molecular weight excluding hydrogens is 308 g/mol. The summed E-state index contributed by atoms with van der Waals surface area (Å²) in [6.45, 7) is 6.27. The van der Waals surface area contributed by atoms with Gasteiger partial charge in [-0.3, -0.25) is 0 Å². The van der Waals surface area contributed by atoms with Crippen LogP contribution in [0.5, 0.6) is 5.75 Å². The van der Waals surface area contributed by atoms with Crippen molar-refractivity contribution in [1.82, 2.24) is 0 Å². The van der Waals surface area contributed by atoms with Gasteiger partial charge >= 0.3 is 5.97 Å². The molecule has 2 rings (SSSR count). The summed E-state index contributed by atoms with van der Waals surface area (Å²) in [4.78, 5) is 12.5. The van der Waals surface area contributed by atoms with E-state index < -0.39 is 0 Å². The van der Waals surface area contributed by atoms with Crippen molar-refractivity contribution < 1.29 is 14.6 Å². The van der Waals surface area contributed by atoms with Crippen LogP contribution in [0.15, 0.2) is 42.5 Å². The predicted molar refractivity (Wildman–Crippen MR) is 95.2 cm³/mol. The molecule has 1 atom stereocenters. The average molecular weight is 330 g/mol. The van der Waals surface area contributed by atoms with E-state index in [4.69, 9.17) is 4.74 Å². The van der Waals surface area contributed by atoms with Crippen molar-refractivity contribution in [2.24, 2.45) is 5.92 Å². The molecule has 0 heterocycles. The molecule has 0 bridgehead atoms. The molecule has 0 saturated heterocycles. The van der Waals surface area contributed by atoms with Crippen molar-refractivity contribution >= 4 is 18.6 Å². The number of hydrogen-bond donors (Lipinski definition) is 2. The van der Waals surface area contributed by atoms with Crippen LogP contribution < -0.4 is 0 Å². The monoisotopic (exact) mass is 330 g/mol. The summed E-state index contributed by atoms with van der Waals surface area (Å²) in [5.41, 5.74) is 3.02. The molecule has 3 nitrogen and oxygen atoms in total. The van der Waals surface area contributed by atoms with Gasteiger partial charge in [-0.25, -0.2) is 4.79 Å². The summed E-state index contributed by atoms with van der Waals surface area (Å²) >= 11 is 4.66. The van der Waals surface area contributed by atoms with Crippen LogP contribution in [0.1, 0.15) is 46.1 Å². The van der Waals surface area contributed by atoms with Crippen LogP contribution in [0.4, 0.5) is 0 Å². The van der Waals surface area contributed by atoms with Crippen LogP contribution in [0.25, 0.3) is 0 Å². The maximum absolute atomic E-state index is 12.5. The molecule has 23 heavy (non-hydrogen) atoms. The summed E-state index contributed by atoms with van der Waals surface area (Å²) in [5.74, 6) is 0.133. The fraction of sp³-hybridized carbons (Fsp3) is 0.316. The van der Waals surface area contributed by atoms with Gasteiger partial charge in [0, 0.05) is 0 Å². The van der Waals surface area contributed by atoms with Gasteiger partial charge in [0.25, 0.3) is 0 Å². The molecule has 0 spiro atoms. The normalized spacial score (nSPS) is 12.2. The second-order valence-corrected chi connectivity index (χ2v) is 6.55. The Balaban J connectivity index is 2.39. The first kappa shape index (κ1) is 17.4. The maximum Gasteiger partial charge on any atom is 0.338 e. The van der Waals surface area contributed by atoms with Gasteiger partial charge in [0.15, 0.2) is 0 Å². The van der Waals surface area contributed by atoms with Crippen LogP contribution in [-0.2, 0) is 4.74 Å². The lowest BCUT2D eigenvalue weighted by Crippen LogP contribution is -2.14.